The molecule has 0 atom stereocenters. The molecule has 0 bridgehead atoms. The second-order valence-corrected chi connectivity index (χ2v) is 15.1. The minimum Gasteiger partial charge on any atom is -0.490 e. The Kier molecular flexibility index (Phi) is 9.81. The van der Waals surface area contributed by atoms with E-state index in [0.717, 1.165) is 96.5 Å². The third-order valence-electron chi connectivity index (χ3n) is 10.1. The van der Waals surface area contributed by atoms with Crippen LogP contribution in [0.1, 0.15) is 88.2 Å². The molecule has 0 radical (unpaired) electrons. The Labute approximate surface area is 282 Å². The molecular formula is C35H46ClN7O4. The van der Waals surface area contributed by atoms with Crippen LogP contribution in [-0.4, -0.2) is 94.8 Å². The summed E-state index contributed by atoms with van der Waals surface area (Å²) in [6.45, 7) is 11.4. The SMILES string of the molecule is CC(C)(C)OC(=O)N1CC2(CCN(C3CCN(c4cnc(C(=O)N[C@H]5CC[C@H](Oc6ccc(C#N)c(Cl)c6)CC5)cn4)CC3)CC2)C1. The highest BCUT2D eigenvalue weighted by Crippen LogP contribution is 2.42. The van der Waals surface area contributed by atoms with Crippen LogP contribution in [0.2, 0.25) is 5.02 Å². The van der Waals surface area contributed by atoms with Gasteiger partial charge in [-0.15, -0.1) is 0 Å². The van der Waals surface area contributed by atoms with Gasteiger partial charge < -0.3 is 29.5 Å². The Morgan fingerprint density at radius 1 is 1.00 bits per heavy atom. The maximum absolute atomic E-state index is 12.9. The van der Waals surface area contributed by atoms with Crippen LogP contribution >= 0.6 is 11.6 Å². The number of rotatable bonds is 6. The topological polar surface area (TPSA) is 124 Å². The van der Waals surface area contributed by atoms with Crippen molar-refractivity contribution in [3.05, 3.63) is 46.9 Å². The summed E-state index contributed by atoms with van der Waals surface area (Å²) in [7, 11) is 0. The summed E-state index contributed by atoms with van der Waals surface area (Å²) in [5.41, 5.74) is 0.563. The lowest BCUT2D eigenvalue weighted by Gasteiger charge is -2.55. The van der Waals surface area contributed by atoms with Crippen molar-refractivity contribution in [1.29, 1.82) is 5.26 Å². The molecule has 4 heterocycles. The van der Waals surface area contributed by atoms with Crippen molar-refractivity contribution in [3.8, 4) is 11.8 Å². The molecule has 4 aliphatic rings. The Bertz CT molecular complexity index is 1460. The van der Waals surface area contributed by atoms with Gasteiger partial charge in [0.15, 0.2) is 0 Å². The van der Waals surface area contributed by atoms with Crippen molar-refractivity contribution in [1.82, 2.24) is 25.1 Å². The van der Waals surface area contributed by atoms with Crippen LogP contribution in [0.3, 0.4) is 0 Å². The predicted octanol–water partition coefficient (Wildman–Crippen LogP) is 5.42. The van der Waals surface area contributed by atoms with Crippen molar-refractivity contribution in [2.24, 2.45) is 5.41 Å². The third kappa shape index (κ3) is 8.10. The first-order valence-electron chi connectivity index (χ1n) is 17.0. The van der Waals surface area contributed by atoms with Gasteiger partial charge in [0.25, 0.3) is 5.91 Å². The van der Waals surface area contributed by atoms with Crippen molar-refractivity contribution in [2.45, 2.75) is 95.9 Å². The summed E-state index contributed by atoms with van der Waals surface area (Å²) in [5.74, 6) is 1.27. The number of benzene rings is 1. The summed E-state index contributed by atoms with van der Waals surface area (Å²) in [4.78, 5) is 41.2. The minimum absolute atomic E-state index is 0.0430. The summed E-state index contributed by atoms with van der Waals surface area (Å²) in [5, 5.41) is 12.6. The molecule has 1 spiro atoms. The molecule has 0 unspecified atom stereocenters. The predicted molar refractivity (Wildman–Crippen MR) is 179 cm³/mol. The summed E-state index contributed by atoms with van der Waals surface area (Å²) >= 11 is 6.13. The molecule has 3 aliphatic heterocycles. The molecule has 252 valence electrons. The van der Waals surface area contributed by atoms with Crippen molar-refractivity contribution >= 4 is 29.4 Å². The zero-order valence-corrected chi connectivity index (χ0v) is 28.5. The van der Waals surface area contributed by atoms with Crippen molar-refractivity contribution in [3.63, 3.8) is 0 Å². The number of halogens is 1. The fourth-order valence-corrected chi connectivity index (χ4v) is 7.61. The van der Waals surface area contributed by atoms with E-state index in [1.165, 1.54) is 0 Å². The number of nitrogens with one attached hydrogen (secondary N) is 1. The molecule has 1 aliphatic carbocycles. The van der Waals surface area contributed by atoms with E-state index in [9.17, 15) is 9.59 Å². The number of nitrogens with zero attached hydrogens (tertiary/aromatic N) is 6. The van der Waals surface area contributed by atoms with Crippen LogP contribution < -0.4 is 15.0 Å². The largest absolute Gasteiger partial charge is 0.490 e. The fraction of sp³-hybridized carbons (Fsp3) is 0.629. The average Bonchev–Trinajstić information content (AvgIpc) is 3.04. The van der Waals surface area contributed by atoms with E-state index in [2.05, 4.69) is 31.2 Å². The van der Waals surface area contributed by atoms with Gasteiger partial charge in [-0.25, -0.2) is 14.8 Å². The third-order valence-corrected chi connectivity index (χ3v) is 10.4. The first-order valence-corrected chi connectivity index (χ1v) is 17.3. The van der Waals surface area contributed by atoms with E-state index >= 15 is 0 Å². The number of nitriles is 1. The van der Waals surface area contributed by atoms with Gasteiger partial charge in [0.2, 0.25) is 0 Å². The van der Waals surface area contributed by atoms with Gasteiger partial charge in [0.05, 0.1) is 29.1 Å². The molecule has 4 fully saturated rings. The Hall–Kier alpha value is -3.62. The molecule has 3 saturated heterocycles. The van der Waals surface area contributed by atoms with Crippen LogP contribution in [0.15, 0.2) is 30.6 Å². The van der Waals surface area contributed by atoms with E-state index in [1.54, 1.807) is 30.6 Å². The van der Waals surface area contributed by atoms with Crippen LogP contribution in [-0.2, 0) is 4.74 Å². The monoisotopic (exact) mass is 663 g/mol. The molecular weight excluding hydrogens is 618 g/mol. The summed E-state index contributed by atoms with van der Waals surface area (Å²) in [6, 6.07) is 7.80. The fourth-order valence-electron chi connectivity index (χ4n) is 7.40. The number of hydrogen-bond donors (Lipinski definition) is 1. The van der Waals surface area contributed by atoms with Crippen LogP contribution in [0, 0.1) is 16.7 Å². The first kappa shape index (κ1) is 33.3. The molecule has 2 amide bonds. The number of amides is 2. The van der Waals surface area contributed by atoms with Gasteiger partial charge in [-0.3, -0.25) is 4.79 Å². The second-order valence-electron chi connectivity index (χ2n) is 14.7. The minimum atomic E-state index is -0.455. The van der Waals surface area contributed by atoms with Crippen LogP contribution in [0.25, 0.3) is 0 Å². The highest BCUT2D eigenvalue weighted by atomic mass is 35.5. The van der Waals surface area contributed by atoms with Gasteiger partial charge in [0, 0.05) is 49.7 Å². The Morgan fingerprint density at radius 2 is 1.70 bits per heavy atom. The number of aromatic nitrogens is 2. The molecule has 1 saturated carbocycles. The number of ether oxygens (including phenoxy) is 2. The number of carbonyl (C=O) groups is 2. The maximum atomic E-state index is 12.9. The van der Waals surface area contributed by atoms with Gasteiger partial charge >= 0.3 is 6.09 Å². The molecule has 11 nitrogen and oxygen atoms in total. The normalized spacial score (nSPS) is 23.5. The van der Waals surface area contributed by atoms with E-state index in [0.29, 0.717) is 28.1 Å². The molecule has 2 aromatic rings. The van der Waals surface area contributed by atoms with E-state index in [-0.39, 0.29) is 29.6 Å². The molecule has 47 heavy (non-hydrogen) atoms. The highest BCUT2D eigenvalue weighted by molar-refractivity contribution is 6.31. The zero-order chi connectivity index (χ0) is 33.2. The number of piperidine rings is 2. The lowest BCUT2D eigenvalue weighted by molar-refractivity contribution is -0.0649. The molecule has 1 N–H and O–H groups in total. The number of anilines is 1. The van der Waals surface area contributed by atoms with Gasteiger partial charge in [0.1, 0.15) is 28.9 Å². The number of hydrogen-bond acceptors (Lipinski definition) is 9. The van der Waals surface area contributed by atoms with E-state index in [1.807, 2.05) is 25.7 Å². The smallest absolute Gasteiger partial charge is 0.410 e. The van der Waals surface area contributed by atoms with Gasteiger partial charge in [-0.05, 0) is 97.4 Å². The second kappa shape index (κ2) is 13.9. The van der Waals surface area contributed by atoms with E-state index < -0.39 is 5.60 Å². The number of carbonyl (C=O) groups excluding carboxylic acids is 2. The zero-order valence-electron chi connectivity index (χ0n) is 27.7. The molecule has 1 aromatic carbocycles. The molecule has 12 heteroatoms. The van der Waals surface area contributed by atoms with Crippen molar-refractivity contribution in [2.75, 3.05) is 44.2 Å². The summed E-state index contributed by atoms with van der Waals surface area (Å²) in [6.07, 6.45) is 10.8. The van der Waals surface area contributed by atoms with Crippen LogP contribution in [0.4, 0.5) is 10.6 Å². The van der Waals surface area contributed by atoms with Gasteiger partial charge in [-0.1, -0.05) is 11.6 Å². The maximum Gasteiger partial charge on any atom is 0.410 e. The van der Waals surface area contributed by atoms with E-state index in [4.69, 9.17) is 26.3 Å². The lowest BCUT2D eigenvalue weighted by Crippen LogP contribution is -2.63. The standard InChI is InChI=1S/C35H46ClN7O4/c1-34(2,3)47-33(45)43-22-35(23-43)12-16-41(17-13-35)26-10-14-42(15-11-26)31-21-38-30(20-39-31)32(44)40-25-5-8-27(9-6-25)46-28-7-4-24(19-37)29(36)18-28/h4,7,18,20-21,25-27H,5-6,8-17,22-23H2,1-3H3,(H,40,44)/t25-,27-. The van der Waals surface area contributed by atoms with Crippen LogP contribution in [0.5, 0.6) is 5.75 Å². The first-order chi connectivity index (χ1) is 22.5. The molecule has 6 rings (SSSR count). The van der Waals surface area contributed by atoms with Crippen molar-refractivity contribution < 1.29 is 19.1 Å². The Balaban J connectivity index is 0.895. The number of likely N-dealkylation sites (tertiary alicyclic amines) is 2. The quantitative estimate of drug-likeness (QED) is 0.431. The summed E-state index contributed by atoms with van der Waals surface area (Å²) < 4.78 is 11.6. The lowest BCUT2D eigenvalue weighted by atomic mass is 9.72. The Morgan fingerprint density at radius 3 is 2.30 bits per heavy atom. The van der Waals surface area contributed by atoms with Gasteiger partial charge in [-0.2, -0.15) is 5.26 Å². The molecule has 1 aromatic heterocycles. The highest BCUT2D eigenvalue weighted by Gasteiger charge is 2.48. The average molecular weight is 664 g/mol.